The first-order valence-corrected chi connectivity index (χ1v) is 10.3. The lowest BCUT2D eigenvalue weighted by Crippen LogP contribution is -2.37. The second-order valence-electron chi connectivity index (χ2n) is 7.36. The molecule has 156 valence electrons. The topological polar surface area (TPSA) is 71.8 Å². The van der Waals surface area contributed by atoms with E-state index in [-0.39, 0.29) is 17.2 Å². The van der Waals surface area contributed by atoms with E-state index in [1.54, 1.807) is 19.2 Å². The number of rotatable bonds is 6. The Morgan fingerprint density at radius 3 is 2.60 bits per heavy atom. The first-order valence-electron chi connectivity index (χ1n) is 9.95. The highest BCUT2D eigenvalue weighted by atomic mass is 35.5. The van der Waals surface area contributed by atoms with Gasteiger partial charge < -0.3 is 14.5 Å². The summed E-state index contributed by atoms with van der Waals surface area (Å²) >= 11 is 5.94. The van der Waals surface area contributed by atoms with Crippen molar-refractivity contribution in [2.75, 3.05) is 26.7 Å². The number of nitrogens with one attached hydrogen (secondary N) is 1. The molecule has 1 aromatic heterocycles. The molecule has 6 nitrogen and oxygen atoms in total. The number of hydrogen-bond acceptors (Lipinski definition) is 5. The van der Waals surface area contributed by atoms with Crippen LogP contribution in [0.3, 0.4) is 0 Å². The van der Waals surface area contributed by atoms with Crippen LogP contribution in [0.1, 0.15) is 35.0 Å². The Hall–Kier alpha value is -2.83. The molecule has 1 fully saturated rings. The van der Waals surface area contributed by atoms with Crippen LogP contribution in [0.4, 0.5) is 0 Å². The van der Waals surface area contributed by atoms with Crippen molar-refractivity contribution in [1.82, 2.24) is 10.2 Å². The zero-order valence-electron chi connectivity index (χ0n) is 16.7. The van der Waals surface area contributed by atoms with Gasteiger partial charge in [0, 0.05) is 17.6 Å². The fourth-order valence-electron chi connectivity index (χ4n) is 3.85. The first-order chi connectivity index (χ1) is 14.5. The van der Waals surface area contributed by atoms with Crippen molar-refractivity contribution in [2.24, 2.45) is 0 Å². The van der Waals surface area contributed by atoms with Gasteiger partial charge in [0.25, 0.3) is 5.91 Å². The average Bonchev–Trinajstić information content (AvgIpc) is 3.29. The van der Waals surface area contributed by atoms with Crippen molar-refractivity contribution in [3.8, 4) is 5.75 Å². The molecule has 0 spiro atoms. The van der Waals surface area contributed by atoms with Crippen LogP contribution >= 0.6 is 11.6 Å². The third-order valence-electron chi connectivity index (χ3n) is 5.45. The smallest absolute Gasteiger partial charge is 0.287 e. The third kappa shape index (κ3) is 4.35. The standard InChI is InChI=1S/C23H23ClN2O4/c1-29-17-7-4-15(5-8-17)19(26-10-2-3-11-26)14-25-23(28)22-13-20(27)18-12-16(24)6-9-21(18)30-22/h4-9,12-13,19H,2-3,10-11,14H2,1H3,(H,25,28)/t19-/m0/s1. The minimum atomic E-state index is -0.415. The predicted molar refractivity (Wildman–Crippen MR) is 116 cm³/mol. The molecule has 1 N–H and O–H groups in total. The molecule has 7 heteroatoms. The number of fused-ring (bicyclic) bond motifs is 1. The summed E-state index contributed by atoms with van der Waals surface area (Å²) in [6.07, 6.45) is 2.28. The Labute approximate surface area is 179 Å². The number of ether oxygens (including phenoxy) is 1. The molecule has 30 heavy (non-hydrogen) atoms. The number of likely N-dealkylation sites (tertiary alicyclic amines) is 1. The number of hydrogen-bond donors (Lipinski definition) is 1. The van der Waals surface area contributed by atoms with Gasteiger partial charge in [-0.3, -0.25) is 14.5 Å². The average molecular weight is 427 g/mol. The lowest BCUT2D eigenvalue weighted by molar-refractivity contribution is 0.0910. The van der Waals surface area contributed by atoms with E-state index >= 15 is 0 Å². The molecule has 0 saturated carbocycles. The summed E-state index contributed by atoms with van der Waals surface area (Å²) in [6, 6.07) is 13.9. The summed E-state index contributed by atoms with van der Waals surface area (Å²) in [4.78, 5) is 27.5. The molecule has 1 aliphatic rings. The minimum Gasteiger partial charge on any atom is -0.497 e. The van der Waals surface area contributed by atoms with Crippen molar-refractivity contribution >= 4 is 28.5 Å². The minimum absolute atomic E-state index is 0.00951. The maximum absolute atomic E-state index is 12.8. The molecule has 4 rings (SSSR count). The highest BCUT2D eigenvalue weighted by molar-refractivity contribution is 6.31. The van der Waals surface area contributed by atoms with Crippen LogP contribution in [-0.4, -0.2) is 37.6 Å². The van der Waals surface area contributed by atoms with Crippen LogP contribution in [-0.2, 0) is 0 Å². The highest BCUT2D eigenvalue weighted by Gasteiger charge is 2.24. The number of nitrogens with zero attached hydrogens (tertiary/aromatic N) is 1. The van der Waals surface area contributed by atoms with Crippen LogP contribution < -0.4 is 15.5 Å². The Balaban J connectivity index is 1.54. The van der Waals surface area contributed by atoms with E-state index < -0.39 is 5.91 Å². The monoisotopic (exact) mass is 426 g/mol. The molecule has 0 bridgehead atoms. The zero-order valence-corrected chi connectivity index (χ0v) is 17.4. The molecule has 1 aliphatic heterocycles. The Bertz CT molecular complexity index is 1100. The van der Waals surface area contributed by atoms with Gasteiger partial charge in [-0.1, -0.05) is 23.7 Å². The number of benzene rings is 2. The van der Waals surface area contributed by atoms with Crippen molar-refractivity contribution in [2.45, 2.75) is 18.9 Å². The fourth-order valence-corrected chi connectivity index (χ4v) is 4.03. The van der Waals surface area contributed by atoms with Gasteiger partial charge >= 0.3 is 0 Å². The Kier molecular flexibility index (Phi) is 6.06. The summed E-state index contributed by atoms with van der Waals surface area (Å²) in [5.74, 6) is 0.368. The highest BCUT2D eigenvalue weighted by Crippen LogP contribution is 2.26. The Morgan fingerprint density at radius 1 is 1.17 bits per heavy atom. The van der Waals surface area contributed by atoms with E-state index in [9.17, 15) is 9.59 Å². The summed E-state index contributed by atoms with van der Waals surface area (Å²) in [5, 5.41) is 3.73. The first kappa shape index (κ1) is 20.4. The van der Waals surface area contributed by atoms with E-state index in [4.69, 9.17) is 20.8 Å². The van der Waals surface area contributed by atoms with Crippen molar-refractivity contribution in [1.29, 1.82) is 0 Å². The van der Waals surface area contributed by atoms with E-state index in [1.165, 1.54) is 12.1 Å². The second kappa shape index (κ2) is 8.90. The number of carbonyl (C=O) groups is 1. The number of methoxy groups -OCH3 is 1. The van der Waals surface area contributed by atoms with Gasteiger partial charge in [0.05, 0.1) is 18.5 Å². The molecule has 0 unspecified atom stereocenters. The van der Waals surface area contributed by atoms with Gasteiger partial charge in [0.2, 0.25) is 0 Å². The number of halogens is 1. The van der Waals surface area contributed by atoms with Crippen molar-refractivity contribution in [3.05, 3.63) is 75.1 Å². The maximum Gasteiger partial charge on any atom is 0.287 e. The molecule has 0 radical (unpaired) electrons. The second-order valence-corrected chi connectivity index (χ2v) is 7.79. The van der Waals surface area contributed by atoms with Gasteiger partial charge in [-0.15, -0.1) is 0 Å². The molecule has 1 saturated heterocycles. The van der Waals surface area contributed by atoms with Gasteiger partial charge in [-0.05, 0) is 61.8 Å². The molecule has 2 heterocycles. The maximum atomic E-state index is 12.8. The quantitative estimate of drug-likeness (QED) is 0.644. The molecule has 1 atom stereocenters. The van der Waals surface area contributed by atoms with Gasteiger partial charge in [-0.25, -0.2) is 0 Å². The largest absolute Gasteiger partial charge is 0.497 e. The molecular weight excluding hydrogens is 404 g/mol. The van der Waals surface area contributed by atoms with Crippen molar-refractivity contribution in [3.63, 3.8) is 0 Å². The van der Waals surface area contributed by atoms with Crippen LogP contribution in [0.2, 0.25) is 5.02 Å². The van der Waals surface area contributed by atoms with E-state index in [0.29, 0.717) is 22.5 Å². The number of carbonyl (C=O) groups excluding carboxylic acids is 1. The summed E-state index contributed by atoms with van der Waals surface area (Å²) in [5.41, 5.74) is 1.14. The lowest BCUT2D eigenvalue weighted by atomic mass is 10.1. The predicted octanol–water partition coefficient (Wildman–Crippen LogP) is 4.02. The fraction of sp³-hybridized carbons (Fsp3) is 0.304. The SMILES string of the molecule is COc1ccc([C@H](CNC(=O)c2cc(=O)c3cc(Cl)ccc3o2)N2CCCC2)cc1. The molecular formula is C23H23ClN2O4. The van der Waals surface area contributed by atoms with Crippen LogP contribution in [0.5, 0.6) is 5.75 Å². The van der Waals surface area contributed by atoms with Gasteiger partial charge in [0.1, 0.15) is 11.3 Å². The number of amides is 1. The molecule has 2 aromatic carbocycles. The lowest BCUT2D eigenvalue weighted by Gasteiger charge is -2.28. The summed E-state index contributed by atoms with van der Waals surface area (Å²) in [6.45, 7) is 2.38. The van der Waals surface area contributed by atoms with Gasteiger partial charge in [0.15, 0.2) is 11.2 Å². The van der Waals surface area contributed by atoms with Crippen LogP contribution in [0, 0.1) is 0 Å². The van der Waals surface area contributed by atoms with Crippen molar-refractivity contribution < 1.29 is 13.9 Å². The summed E-state index contributed by atoms with van der Waals surface area (Å²) < 4.78 is 10.9. The normalized spacial score (nSPS) is 15.3. The molecule has 1 amide bonds. The molecule has 0 aliphatic carbocycles. The van der Waals surface area contributed by atoms with Crippen LogP contribution in [0.25, 0.3) is 11.0 Å². The zero-order chi connectivity index (χ0) is 21.1. The third-order valence-corrected chi connectivity index (χ3v) is 5.69. The van der Waals surface area contributed by atoms with Gasteiger partial charge in [-0.2, -0.15) is 0 Å². The molecule has 3 aromatic rings. The van der Waals surface area contributed by atoms with E-state index in [2.05, 4.69) is 10.2 Å². The van der Waals surface area contributed by atoms with E-state index in [0.717, 1.165) is 37.2 Å². The van der Waals surface area contributed by atoms with E-state index in [1.807, 2.05) is 24.3 Å². The Morgan fingerprint density at radius 2 is 1.90 bits per heavy atom. The van der Waals surface area contributed by atoms with Crippen LogP contribution in [0.15, 0.2) is 57.7 Å². The summed E-state index contributed by atoms with van der Waals surface area (Å²) in [7, 11) is 1.64.